The summed E-state index contributed by atoms with van der Waals surface area (Å²) in [5, 5.41) is 12.0. The predicted octanol–water partition coefficient (Wildman–Crippen LogP) is 2.22. The minimum absolute atomic E-state index is 0.166. The minimum Gasteiger partial charge on any atom is -0.481 e. The van der Waals surface area contributed by atoms with Crippen LogP contribution in [-0.4, -0.2) is 28.5 Å². The number of carbonyl (C=O) groups excluding carboxylic acids is 1. The van der Waals surface area contributed by atoms with Crippen LogP contribution >= 0.6 is 15.9 Å². The summed E-state index contributed by atoms with van der Waals surface area (Å²) in [5.74, 6) is -1.16. The van der Waals surface area contributed by atoms with E-state index in [0.717, 1.165) is 17.3 Å². The predicted molar refractivity (Wildman–Crippen MR) is 72.8 cm³/mol. The maximum Gasteiger partial charge on any atom is 0.311 e. The summed E-state index contributed by atoms with van der Waals surface area (Å²) >= 11 is 3.24. The number of carboxylic acid groups (broad SMARTS) is 1. The van der Waals surface area contributed by atoms with Gasteiger partial charge in [-0.05, 0) is 40.9 Å². The number of amides is 1. The molecule has 1 aliphatic carbocycles. The lowest BCUT2D eigenvalue weighted by molar-refractivity contribution is -0.148. The largest absolute Gasteiger partial charge is 0.481 e. The Morgan fingerprint density at radius 3 is 2.58 bits per heavy atom. The second-order valence-electron chi connectivity index (χ2n) is 4.84. The van der Waals surface area contributed by atoms with Crippen LogP contribution in [0.25, 0.3) is 0 Å². The van der Waals surface area contributed by atoms with Gasteiger partial charge in [0.1, 0.15) is 5.69 Å². The lowest BCUT2D eigenvalue weighted by Gasteiger charge is -2.23. The number of carbonyl (C=O) groups is 2. The average molecular weight is 327 g/mol. The van der Waals surface area contributed by atoms with E-state index >= 15 is 0 Å². The quantitative estimate of drug-likeness (QED) is 0.889. The van der Waals surface area contributed by atoms with E-state index in [1.54, 1.807) is 12.1 Å². The number of halogens is 1. The molecule has 1 amide bonds. The highest BCUT2D eigenvalue weighted by Crippen LogP contribution is 2.37. The number of hydrogen-bond acceptors (Lipinski definition) is 3. The molecule has 0 saturated heterocycles. The SMILES string of the molecule is O=C(NCC1(C(=O)O)CCCC1)c1ccc(Br)cn1. The van der Waals surface area contributed by atoms with Crippen molar-refractivity contribution >= 4 is 27.8 Å². The highest BCUT2D eigenvalue weighted by Gasteiger charge is 2.41. The minimum atomic E-state index is -0.825. The van der Waals surface area contributed by atoms with Crippen molar-refractivity contribution in [3.63, 3.8) is 0 Å². The summed E-state index contributed by atoms with van der Waals surface area (Å²) in [4.78, 5) is 27.2. The van der Waals surface area contributed by atoms with Crippen molar-refractivity contribution in [2.45, 2.75) is 25.7 Å². The molecule has 0 aliphatic heterocycles. The fraction of sp³-hybridized carbons (Fsp3) is 0.462. The molecule has 0 radical (unpaired) electrons. The molecule has 0 spiro atoms. The normalized spacial score (nSPS) is 17.1. The number of rotatable bonds is 4. The molecule has 1 aromatic heterocycles. The Hall–Kier alpha value is -1.43. The van der Waals surface area contributed by atoms with E-state index in [1.165, 1.54) is 6.20 Å². The van der Waals surface area contributed by atoms with Gasteiger partial charge in [0, 0.05) is 17.2 Å². The molecular weight excluding hydrogens is 312 g/mol. The summed E-state index contributed by atoms with van der Waals surface area (Å²) in [6.45, 7) is 0.166. The highest BCUT2D eigenvalue weighted by molar-refractivity contribution is 9.10. The van der Waals surface area contributed by atoms with E-state index in [0.29, 0.717) is 18.5 Å². The van der Waals surface area contributed by atoms with Crippen LogP contribution in [0.2, 0.25) is 0 Å². The van der Waals surface area contributed by atoms with E-state index in [4.69, 9.17) is 0 Å². The first-order valence-electron chi connectivity index (χ1n) is 6.17. The van der Waals surface area contributed by atoms with E-state index in [9.17, 15) is 14.7 Å². The first-order valence-corrected chi connectivity index (χ1v) is 6.96. The summed E-state index contributed by atoms with van der Waals surface area (Å²) in [5.41, 5.74) is -0.507. The van der Waals surface area contributed by atoms with Gasteiger partial charge in [0.2, 0.25) is 0 Å². The molecule has 19 heavy (non-hydrogen) atoms. The van der Waals surface area contributed by atoms with Gasteiger partial charge in [-0.3, -0.25) is 9.59 Å². The molecule has 5 nitrogen and oxygen atoms in total. The van der Waals surface area contributed by atoms with Crippen molar-refractivity contribution < 1.29 is 14.7 Å². The number of aliphatic carboxylic acids is 1. The van der Waals surface area contributed by atoms with Gasteiger partial charge in [-0.2, -0.15) is 0 Å². The van der Waals surface area contributed by atoms with Gasteiger partial charge in [-0.15, -0.1) is 0 Å². The third-order valence-electron chi connectivity index (χ3n) is 3.56. The molecule has 2 N–H and O–H groups in total. The van der Waals surface area contributed by atoms with Crippen LogP contribution in [-0.2, 0) is 4.79 Å². The number of aromatic nitrogens is 1. The molecular formula is C13H15BrN2O3. The smallest absolute Gasteiger partial charge is 0.311 e. The molecule has 6 heteroatoms. The van der Waals surface area contributed by atoms with Crippen molar-refractivity contribution in [1.82, 2.24) is 10.3 Å². The van der Waals surface area contributed by atoms with E-state index in [1.807, 2.05) is 0 Å². The van der Waals surface area contributed by atoms with Gasteiger partial charge in [-0.25, -0.2) is 4.98 Å². The second-order valence-corrected chi connectivity index (χ2v) is 5.75. The Labute approximate surface area is 119 Å². The Morgan fingerprint density at radius 1 is 1.37 bits per heavy atom. The maximum absolute atomic E-state index is 11.9. The summed E-state index contributed by atoms with van der Waals surface area (Å²) < 4.78 is 0.793. The van der Waals surface area contributed by atoms with Crippen molar-refractivity contribution in [2.24, 2.45) is 5.41 Å². The zero-order valence-electron chi connectivity index (χ0n) is 10.4. The number of nitrogens with one attached hydrogen (secondary N) is 1. The van der Waals surface area contributed by atoms with Crippen molar-refractivity contribution in [3.8, 4) is 0 Å². The molecule has 0 bridgehead atoms. The van der Waals surface area contributed by atoms with Crippen LogP contribution in [0.1, 0.15) is 36.2 Å². The van der Waals surface area contributed by atoms with Crippen molar-refractivity contribution in [2.75, 3.05) is 6.54 Å². The van der Waals surface area contributed by atoms with Gasteiger partial charge >= 0.3 is 5.97 Å². The van der Waals surface area contributed by atoms with Crippen LogP contribution in [0.15, 0.2) is 22.8 Å². The summed E-state index contributed by atoms with van der Waals surface area (Å²) in [6.07, 6.45) is 4.58. The van der Waals surface area contributed by atoms with Crippen LogP contribution in [0, 0.1) is 5.41 Å². The Morgan fingerprint density at radius 2 is 2.05 bits per heavy atom. The Balaban J connectivity index is 1.99. The molecule has 2 rings (SSSR count). The topological polar surface area (TPSA) is 79.3 Å². The van der Waals surface area contributed by atoms with Crippen LogP contribution in [0.4, 0.5) is 0 Å². The fourth-order valence-electron chi connectivity index (χ4n) is 2.37. The van der Waals surface area contributed by atoms with Gasteiger partial charge < -0.3 is 10.4 Å². The standard InChI is InChI=1S/C13H15BrN2O3/c14-9-3-4-10(15-7-9)11(17)16-8-13(12(18)19)5-1-2-6-13/h3-4,7H,1-2,5-6,8H2,(H,16,17)(H,18,19). The molecule has 1 saturated carbocycles. The number of hydrogen-bond donors (Lipinski definition) is 2. The lowest BCUT2D eigenvalue weighted by atomic mass is 9.86. The number of nitrogens with zero attached hydrogens (tertiary/aromatic N) is 1. The zero-order valence-corrected chi connectivity index (χ0v) is 11.9. The third-order valence-corrected chi connectivity index (χ3v) is 4.03. The van der Waals surface area contributed by atoms with Gasteiger partial charge in [0.05, 0.1) is 5.41 Å². The molecule has 102 valence electrons. The summed E-state index contributed by atoms with van der Waals surface area (Å²) in [6, 6.07) is 3.33. The monoisotopic (exact) mass is 326 g/mol. The van der Waals surface area contributed by atoms with Crippen molar-refractivity contribution in [3.05, 3.63) is 28.5 Å². The maximum atomic E-state index is 11.9. The molecule has 0 aromatic carbocycles. The molecule has 0 unspecified atom stereocenters. The Kier molecular flexibility index (Phi) is 4.19. The molecule has 1 heterocycles. The third kappa shape index (κ3) is 3.12. The molecule has 1 aromatic rings. The molecule has 1 aliphatic rings. The first kappa shape index (κ1) is 14.0. The van der Waals surface area contributed by atoms with E-state index < -0.39 is 11.4 Å². The van der Waals surface area contributed by atoms with E-state index in [-0.39, 0.29) is 12.5 Å². The number of carboxylic acids is 1. The average Bonchev–Trinajstić information content (AvgIpc) is 2.87. The first-order chi connectivity index (χ1) is 9.03. The zero-order chi connectivity index (χ0) is 13.9. The second kappa shape index (κ2) is 5.69. The fourth-order valence-corrected chi connectivity index (χ4v) is 2.60. The van der Waals surface area contributed by atoms with Crippen LogP contribution in [0.3, 0.4) is 0 Å². The molecule has 0 atom stereocenters. The van der Waals surface area contributed by atoms with Crippen LogP contribution < -0.4 is 5.32 Å². The van der Waals surface area contributed by atoms with Gasteiger partial charge in [0.25, 0.3) is 5.91 Å². The van der Waals surface area contributed by atoms with Crippen LogP contribution in [0.5, 0.6) is 0 Å². The van der Waals surface area contributed by atoms with Crippen molar-refractivity contribution in [1.29, 1.82) is 0 Å². The Bertz CT molecular complexity index is 481. The number of pyridine rings is 1. The lowest BCUT2D eigenvalue weighted by Crippen LogP contribution is -2.41. The van der Waals surface area contributed by atoms with Gasteiger partial charge in [0.15, 0.2) is 0 Å². The highest BCUT2D eigenvalue weighted by atomic mass is 79.9. The summed E-state index contributed by atoms with van der Waals surface area (Å²) in [7, 11) is 0. The molecule has 1 fully saturated rings. The van der Waals surface area contributed by atoms with E-state index in [2.05, 4.69) is 26.2 Å². The van der Waals surface area contributed by atoms with Gasteiger partial charge in [-0.1, -0.05) is 12.8 Å².